The monoisotopic (exact) mass is 316 g/mol. The highest BCUT2D eigenvalue weighted by Crippen LogP contribution is 2.34. The van der Waals surface area contributed by atoms with E-state index in [-0.39, 0.29) is 13.0 Å². The number of nitrogens with one attached hydrogen (secondary N) is 1. The molecule has 1 aliphatic heterocycles. The third kappa shape index (κ3) is 3.29. The number of hydrogen-bond acceptors (Lipinski definition) is 3. The van der Waals surface area contributed by atoms with Gasteiger partial charge in [0.05, 0.1) is 12.5 Å². The van der Waals surface area contributed by atoms with Crippen molar-refractivity contribution in [3.63, 3.8) is 0 Å². The van der Waals surface area contributed by atoms with E-state index in [0.717, 1.165) is 18.8 Å². The van der Waals surface area contributed by atoms with Gasteiger partial charge in [0, 0.05) is 19.0 Å². The highest BCUT2D eigenvalue weighted by atomic mass is 19.4. The summed E-state index contributed by atoms with van der Waals surface area (Å²) in [5.41, 5.74) is 0. The minimum Gasteiger partial charge on any atom is -0.313 e. The van der Waals surface area contributed by atoms with Gasteiger partial charge < -0.3 is 9.88 Å². The Labute approximate surface area is 128 Å². The molecule has 3 atom stereocenters. The van der Waals surface area contributed by atoms with E-state index < -0.39 is 12.1 Å². The van der Waals surface area contributed by atoms with E-state index in [9.17, 15) is 13.2 Å². The van der Waals surface area contributed by atoms with Crippen LogP contribution in [0.2, 0.25) is 0 Å². The molecular weight excluding hydrogens is 293 g/mol. The van der Waals surface area contributed by atoms with Crippen LogP contribution >= 0.6 is 0 Å². The van der Waals surface area contributed by atoms with Crippen LogP contribution in [0.3, 0.4) is 0 Å². The maximum atomic E-state index is 12.9. The van der Waals surface area contributed by atoms with Gasteiger partial charge in [-0.15, -0.1) is 10.2 Å². The Kier molecular flexibility index (Phi) is 4.43. The molecule has 1 N–H and O–H groups in total. The molecule has 2 aliphatic rings. The largest absolute Gasteiger partial charge is 0.393 e. The van der Waals surface area contributed by atoms with Crippen molar-refractivity contribution < 1.29 is 13.2 Å². The second-order valence-corrected chi connectivity index (χ2v) is 6.59. The highest BCUT2D eigenvalue weighted by molar-refractivity contribution is 5.01. The normalized spacial score (nSPS) is 28.8. The SMILES string of the molecule is CC[C@@H]1CC[C@@H](NCc2nnc3n2C[C@@H](C(F)(F)F)CC3)C1. The first-order chi connectivity index (χ1) is 10.5. The minimum atomic E-state index is -4.13. The van der Waals surface area contributed by atoms with E-state index in [1.165, 1.54) is 12.8 Å². The number of rotatable bonds is 4. The molecule has 1 fully saturated rings. The van der Waals surface area contributed by atoms with Gasteiger partial charge in [-0.1, -0.05) is 13.3 Å². The number of aromatic nitrogens is 3. The van der Waals surface area contributed by atoms with E-state index in [0.29, 0.717) is 30.7 Å². The third-order valence-electron chi connectivity index (χ3n) is 5.15. The fourth-order valence-corrected chi connectivity index (χ4v) is 3.65. The first-order valence-electron chi connectivity index (χ1n) is 8.18. The predicted molar refractivity (Wildman–Crippen MR) is 76.1 cm³/mol. The lowest BCUT2D eigenvalue weighted by Crippen LogP contribution is -2.34. The average molecular weight is 316 g/mol. The zero-order valence-electron chi connectivity index (χ0n) is 12.9. The number of fused-ring (bicyclic) bond motifs is 1. The molecule has 22 heavy (non-hydrogen) atoms. The number of aryl methyl sites for hydroxylation is 1. The minimum absolute atomic E-state index is 0.0366. The summed E-state index contributed by atoms with van der Waals surface area (Å²) in [7, 11) is 0. The van der Waals surface area contributed by atoms with Crippen LogP contribution in [0.15, 0.2) is 0 Å². The summed E-state index contributed by atoms with van der Waals surface area (Å²) < 4.78 is 40.4. The van der Waals surface area contributed by atoms with Gasteiger partial charge in [0.2, 0.25) is 0 Å². The molecule has 0 spiro atoms. The van der Waals surface area contributed by atoms with Crippen LogP contribution in [-0.2, 0) is 19.5 Å². The first-order valence-corrected chi connectivity index (χ1v) is 8.18. The van der Waals surface area contributed by atoms with Crippen molar-refractivity contribution in [2.45, 2.75) is 70.8 Å². The molecule has 2 heterocycles. The average Bonchev–Trinajstić information content (AvgIpc) is 3.10. The molecule has 1 aliphatic carbocycles. The third-order valence-corrected chi connectivity index (χ3v) is 5.15. The van der Waals surface area contributed by atoms with Gasteiger partial charge >= 0.3 is 6.18 Å². The van der Waals surface area contributed by atoms with Crippen molar-refractivity contribution in [2.75, 3.05) is 0 Å². The Morgan fingerprint density at radius 2 is 2.05 bits per heavy atom. The second kappa shape index (κ2) is 6.18. The summed E-state index contributed by atoms with van der Waals surface area (Å²) in [5.74, 6) is 0.837. The maximum absolute atomic E-state index is 12.9. The second-order valence-electron chi connectivity index (χ2n) is 6.59. The summed E-state index contributed by atoms with van der Waals surface area (Å²) in [5, 5.41) is 11.6. The Hall–Kier alpha value is -1.11. The van der Waals surface area contributed by atoms with E-state index >= 15 is 0 Å². The Morgan fingerprint density at radius 1 is 1.23 bits per heavy atom. The van der Waals surface area contributed by atoms with Crippen LogP contribution < -0.4 is 5.32 Å². The lowest BCUT2D eigenvalue weighted by molar-refractivity contribution is -0.182. The summed E-state index contributed by atoms with van der Waals surface area (Å²) in [6, 6.07) is 0.458. The summed E-state index contributed by atoms with van der Waals surface area (Å²) >= 11 is 0. The van der Waals surface area contributed by atoms with Gasteiger partial charge in [-0.2, -0.15) is 13.2 Å². The van der Waals surface area contributed by atoms with Gasteiger partial charge in [0.25, 0.3) is 0 Å². The quantitative estimate of drug-likeness (QED) is 0.928. The van der Waals surface area contributed by atoms with Crippen molar-refractivity contribution in [3.05, 3.63) is 11.6 Å². The molecule has 0 aromatic carbocycles. The molecule has 0 bridgehead atoms. The molecular formula is C15H23F3N4. The van der Waals surface area contributed by atoms with Crippen molar-refractivity contribution >= 4 is 0 Å². The van der Waals surface area contributed by atoms with Gasteiger partial charge in [-0.25, -0.2) is 0 Å². The molecule has 124 valence electrons. The molecule has 1 saturated carbocycles. The Balaban J connectivity index is 1.61. The van der Waals surface area contributed by atoms with Gasteiger partial charge in [-0.3, -0.25) is 0 Å². The van der Waals surface area contributed by atoms with E-state index in [1.54, 1.807) is 4.57 Å². The van der Waals surface area contributed by atoms with Crippen LogP contribution in [-0.4, -0.2) is 27.0 Å². The molecule has 0 unspecified atom stereocenters. The first kappa shape index (κ1) is 15.8. The van der Waals surface area contributed by atoms with Crippen LogP contribution in [0.5, 0.6) is 0 Å². The van der Waals surface area contributed by atoms with Crippen LogP contribution in [0.25, 0.3) is 0 Å². The highest BCUT2D eigenvalue weighted by Gasteiger charge is 2.42. The van der Waals surface area contributed by atoms with Gasteiger partial charge in [0.15, 0.2) is 0 Å². The molecule has 3 rings (SSSR count). The topological polar surface area (TPSA) is 42.7 Å². The maximum Gasteiger partial charge on any atom is 0.393 e. The van der Waals surface area contributed by atoms with E-state index in [2.05, 4.69) is 22.4 Å². The smallest absolute Gasteiger partial charge is 0.313 e. The fourth-order valence-electron chi connectivity index (χ4n) is 3.65. The molecule has 7 heteroatoms. The molecule has 0 saturated heterocycles. The van der Waals surface area contributed by atoms with Gasteiger partial charge in [0.1, 0.15) is 11.6 Å². The van der Waals surface area contributed by atoms with Crippen molar-refractivity contribution in [3.8, 4) is 0 Å². The molecule has 4 nitrogen and oxygen atoms in total. The molecule has 1 aromatic rings. The zero-order valence-corrected chi connectivity index (χ0v) is 12.9. The number of halogens is 3. The van der Waals surface area contributed by atoms with E-state index in [1.807, 2.05) is 0 Å². The van der Waals surface area contributed by atoms with Crippen molar-refractivity contribution in [2.24, 2.45) is 11.8 Å². The summed E-state index contributed by atoms with van der Waals surface area (Å²) in [6.07, 6.45) is 1.09. The lowest BCUT2D eigenvalue weighted by atomic mass is 9.99. The molecule has 1 aromatic heterocycles. The van der Waals surface area contributed by atoms with Gasteiger partial charge in [-0.05, 0) is 31.6 Å². The molecule has 0 radical (unpaired) electrons. The van der Waals surface area contributed by atoms with Crippen molar-refractivity contribution in [1.29, 1.82) is 0 Å². The number of nitrogens with zero attached hydrogens (tertiary/aromatic N) is 3. The standard InChI is InChI=1S/C15H23F3N4/c1-2-10-3-5-12(7-10)19-8-14-21-20-13-6-4-11(9-22(13)14)15(16,17)18/h10-12,19H,2-9H2,1H3/t10-,11+,12-/m1/s1. The summed E-state index contributed by atoms with van der Waals surface area (Å²) in [4.78, 5) is 0. The Morgan fingerprint density at radius 3 is 2.73 bits per heavy atom. The van der Waals surface area contributed by atoms with Crippen LogP contribution in [0, 0.1) is 11.8 Å². The van der Waals surface area contributed by atoms with Crippen molar-refractivity contribution in [1.82, 2.24) is 20.1 Å². The lowest BCUT2D eigenvalue weighted by Gasteiger charge is -2.26. The van der Waals surface area contributed by atoms with E-state index in [4.69, 9.17) is 0 Å². The molecule has 0 amide bonds. The summed E-state index contributed by atoms with van der Waals surface area (Å²) in [6.45, 7) is 2.68. The van der Waals surface area contributed by atoms with Crippen LogP contribution in [0.4, 0.5) is 13.2 Å². The fraction of sp³-hybridized carbons (Fsp3) is 0.867. The number of hydrogen-bond donors (Lipinski definition) is 1. The van der Waals surface area contributed by atoms with Crippen LogP contribution in [0.1, 0.15) is 50.7 Å². The zero-order chi connectivity index (χ0) is 15.7. The predicted octanol–water partition coefficient (Wildman–Crippen LogP) is 3.07. The Bertz CT molecular complexity index is 511. The number of alkyl halides is 3.